The van der Waals surface area contributed by atoms with Crippen molar-refractivity contribution < 1.29 is 13.5 Å². The van der Waals surface area contributed by atoms with Gasteiger partial charge in [0.1, 0.15) is 0 Å². The van der Waals surface area contributed by atoms with Crippen molar-refractivity contribution in [2.45, 2.75) is 17.4 Å². The normalized spacial score (nSPS) is 11.4. The molecule has 0 aliphatic heterocycles. The number of aliphatic hydroxyl groups is 1. The average Bonchev–Trinajstić information content (AvgIpc) is 2.67. The van der Waals surface area contributed by atoms with Crippen LogP contribution in [0.25, 0.3) is 11.1 Å². The van der Waals surface area contributed by atoms with Crippen molar-refractivity contribution in [3.63, 3.8) is 0 Å². The lowest BCUT2D eigenvalue weighted by Gasteiger charge is -2.11. The predicted molar refractivity (Wildman–Crippen MR) is 110 cm³/mol. The Morgan fingerprint density at radius 1 is 0.926 bits per heavy atom. The topological polar surface area (TPSA) is 66.4 Å². The third-order valence-electron chi connectivity index (χ3n) is 4.03. The van der Waals surface area contributed by atoms with Gasteiger partial charge in [-0.15, -0.1) is 11.6 Å². The fourth-order valence-corrected chi connectivity index (χ4v) is 4.16. The molecule has 4 nitrogen and oxygen atoms in total. The lowest BCUT2D eigenvalue weighted by Crippen LogP contribution is -2.13. The third kappa shape index (κ3) is 4.62. The van der Waals surface area contributed by atoms with Crippen molar-refractivity contribution in [3.05, 3.63) is 82.9 Å². The summed E-state index contributed by atoms with van der Waals surface area (Å²) < 4.78 is 27.7. The Kier molecular flexibility index (Phi) is 6.07. The molecule has 7 heteroatoms. The molecule has 0 amide bonds. The van der Waals surface area contributed by atoms with Gasteiger partial charge in [0.2, 0.25) is 0 Å². The fourth-order valence-electron chi connectivity index (χ4n) is 2.64. The summed E-state index contributed by atoms with van der Waals surface area (Å²) in [6, 6.07) is 18.6. The number of hydrogen-bond donors (Lipinski definition) is 2. The van der Waals surface area contributed by atoms with Gasteiger partial charge in [-0.05, 0) is 47.0 Å². The van der Waals surface area contributed by atoms with Crippen LogP contribution in [-0.2, 0) is 22.5 Å². The minimum Gasteiger partial charge on any atom is -0.392 e. The number of aliphatic hydroxyl groups excluding tert-OH is 1. The van der Waals surface area contributed by atoms with Gasteiger partial charge in [0.25, 0.3) is 10.0 Å². The molecule has 0 bridgehead atoms. The maximum absolute atomic E-state index is 12.6. The molecule has 3 aromatic carbocycles. The molecule has 3 aromatic rings. The summed E-state index contributed by atoms with van der Waals surface area (Å²) in [6.07, 6.45) is 0. The Labute approximate surface area is 168 Å². The van der Waals surface area contributed by atoms with Crippen LogP contribution < -0.4 is 4.72 Å². The van der Waals surface area contributed by atoms with Crippen LogP contribution in [0.5, 0.6) is 0 Å². The molecule has 0 aliphatic rings. The molecule has 0 aliphatic carbocycles. The van der Waals surface area contributed by atoms with Crippen molar-refractivity contribution >= 4 is 38.9 Å². The number of hydrogen-bond acceptors (Lipinski definition) is 3. The summed E-state index contributed by atoms with van der Waals surface area (Å²) in [6.45, 7) is -0.159. The monoisotopic (exact) mass is 421 g/mol. The van der Waals surface area contributed by atoms with Crippen LogP contribution in [0.2, 0.25) is 5.02 Å². The zero-order valence-corrected chi connectivity index (χ0v) is 16.5. The molecular formula is C20H17Cl2NO3S. The van der Waals surface area contributed by atoms with Gasteiger partial charge in [0.05, 0.1) is 11.5 Å². The van der Waals surface area contributed by atoms with Gasteiger partial charge >= 0.3 is 0 Å². The van der Waals surface area contributed by atoms with Crippen LogP contribution in [-0.4, -0.2) is 13.5 Å². The van der Waals surface area contributed by atoms with E-state index in [-0.39, 0.29) is 11.5 Å². The second-order valence-electron chi connectivity index (χ2n) is 5.94. The van der Waals surface area contributed by atoms with Crippen molar-refractivity contribution in [3.8, 4) is 11.1 Å². The van der Waals surface area contributed by atoms with E-state index < -0.39 is 10.0 Å². The Hall–Kier alpha value is -2.05. The molecule has 140 valence electrons. The van der Waals surface area contributed by atoms with E-state index in [2.05, 4.69) is 4.72 Å². The number of nitrogens with one attached hydrogen (secondary N) is 1. The van der Waals surface area contributed by atoms with Crippen molar-refractivity contribution in [2.75, 3.05) is 4.72 Å². The van der Waals surface area contributed by atoms with Crippen LogP contribution in [0.3, 0.4) is 0 Å². The number of benzene rings is 3. The van der Waals surface area contributed by atoms with E-state index in [0.717, 1.165) is 16.7 Å². The Bertz CT molecular complexity index is 1050. The Morgan fingerprint density at radius 3 is 2.30 bits per heavy atom. The molecule has 0 atom stereocenters. The lowest BCUT2D eigenvalue weighted by atomic mass is 10.0. The highest BCUT2D eigenvalue weighted by Gasteiger charge is 2.15. The summed E-state index contributed by atoms with van der Waals surface area (Å²) >= 11 is 12.1. The zero-order valence-electron chi connectivity index (χ0n) is 14.2. The van der Waals surface area contributed by atoms with Gasteiger partial charge in [0, 0.05) is 22.2 Å². The summed E-state index contributed by atoms with van der Waals surface area (Å²) in [4.78, 5) is 0.133. The number of sulfonamides is 1. The molecule has 0 saturated heterocycles. The molecule has 27 heavy (non-hydrogen) atoms. The van der Waals surface area contributed by atoms with E-state index >= 15 is 0 Å². The molecule has 3 rings (SSSR count). The largest absolute Gasteiger partial charge is 0.392 e. The summed E-state index contributed by atoms with van der Waals surface area (Å²) in [7, 11) is -3.74. The molecule has 0 saturated carbocycles. The van der Waals surface area contributed by atoms with Gasteiger partial charge in [-0.2, -0.15) is 0 Å². The maximum atomic E-state index is 12.6. The van der Waals surface area contributed by atoms with E-state index in [1.54, 1.807) is 42.5 Å². The van der Waals surface area contributed by atoms with E-state index in [0.29, 0.717) is 22.2 Å². The Morgan fingerprint density at radius 2 is 1.67 bits per heavy atom. The first-order chi connectivity index (χ1) is 12.9. The lowest BCUT2D eigenvalue weighted by molar-refractivity contribution is 0.282. The Balaban J connectivity index is 1.85. The van der Waals surface area contributed by atoms with Crippen molar-refractivity contribution in [1.29, 1.82) is 0 Å². The second kappa shape index (κ2) is 8.31. The van der Waals surface area contributed by atoms with Crippen LogP contribution >= 0.6 is 23.2 Å². The minimum absolute atomic E-state index is 0.133. The molecule has 0 aromatic heterocycles. The van der Waals surface area contributed by atoms with Gasteiger partial charge in [-0.1, -0.05) is 48.0 Å². The quantitative estimate of drug-likeness (QED) is 0.547. The summed E-state index contributed by atoms with van der Waals surface area (Å²) in [5.41, 5.74) is 3.55. The molecule has 0 unspecified atom stereocenters. The first-order valence-corrected chi connectivity index (χ1v) is 10.5. The standard InChI is InChI=1S/C20H17Cl2NO3S/c21-12-14-4-9-19(20(22)11-14)16-5-7-18(8-6-16)27(25,26)23-17-3-1-2-15(10-17)13-24/h1-11,23-24H,12-13H2. The summed E-state index contributed by atoms with van der Waals surface area (Å²) in [5.74, 6) is 0.375. The highest BCUT2D eigenvalue weighted by Crippen LogP contribution is 2.30. The minimum atomic E-state index is -3.74. The molecule has 0 heterocycles. The van der Waals surface area contributed by atoms with Crippen LogP contribution in [0.4, 0.5) is 5.69 Å². The molecule has 0 spiro atoms. The van der Waals surface area contributed by atoms with E-state index in [4.69, 9.17) is 23.2 Å². The van der Waals surface area contributed by atoms with Gasteiger partial charge in [0.15, 0.2) is 0 Å². The molecule has 2 N–H and O–H groups in total. The van der Waals surface area contributed by atoms with Crippen LogP contribution in [0, 0.1) is 0 Å². The second-order valence-corrected chi connectivity index (χ2v) is 8.29. The number of alkyl halides is 1. The van der Waals surface area contributed by atoms with Gasteiger partial charge < -0.3 is 5.11 Å². The molecule has 0 fully saturated rings. The fraction of sp³-hybridized carbons (Fsp3) is 0.100. The highest BCUT2D eigenvalue weighted by atomic mass is 35.5. The van der Waals surface area contributed by atoms with E-state index in [1.807, 2.05) is 12.1 Å². The van der Waals surface area contributed by atoms with Crippen molar-refractivity contribution in [1.82, 2.24) is 0 Å². The smallest absolute Gasteiger partial charge is 0.261 e. The maximum Gasteiger partial charge on any atom is 0.261 e. The SMILES string of the molecule is O=S(=O)(Nc1cccc(CO)c1)c1ccc(-c2ccc(CCl)cc2Cl)cc1. The molecular weight excluding hydrogens is 405 g/mol. The number of anilines is 1. The van der Waals surface area contributed by atoms with Gasteiger partial charge in [-0.3, -0.25) is 4.72 Å². The first-order valence-electron chi connectivity index (χ1n) is 8.10. The first kappa shape index (κ1) is 19.7. The van der Waals surface area contributed by atoms with Crippen LogP contribution in [0.15, 0.2) is 71.6 Å². The van der Waals surface area contributed by atoms with Crippen LogP contribution in [0.1, 0.15) is 11.1 Å². The number of rotatable bonds is 6. The third-order valence-corrected chi connectivity index (χ3v) is 6.04. The predicted octanol–water partition coefficient (Wildman–Crippen LogP) is 5.04. The highest BCUT2D eigenvalue weighted by molar-refractivity contribution is 7.92. The average molecular weight is 422 g/mol. The molecule has 0 radical (unpaired) electrons. The summed E-state index contributed by atoms with van der Waals surface area (Å²) in [5, 5.41) is 9.73. The van der Waals surface area contributed by atoms with Gasteiger partial charge in [-0.25, -0.2) is 8.42 Å². The van der Waals surface area contributed by atoms with E-state index in [9.17, 15) is 13.5 Å². The van der Waals surface area contributed by atoms with Crippen molar-refractivity contribution in [2.24, 2.45) is 0 Å². The van der Waals surface area contributed by atoms with E-state index in [1.165, 1.54) is 12.1 Å². The zero-order chi connectivity index (χ0) is 19.4. The number of halogens is 2.